The van der Waals surface area contributed by atoms with Crippen LogP contribution in [-0.2, 0) is 0 Å². The molecule has 1 fully saturated rings. The number of nitrogens with two attached hydrogens (primary N) is 1. The molecule has 0 radical (unpaired) electrons. The van der Waals surface area contributed by atoms with Crippen molar-refractivity contribution < 1.29 is 9.59 Å². The molecule has 1 aromatic carbocycles. The molecule has 0 saturated heterocycles. The van der Waals surface area contributed by atoms with Crippen LogP contribution in [-0.4, -0.2) is 17.9 Å². The van der Waals surface area contributed by atoms with Crippen LogP contribution in [0.4, 0.5) is 0 Å². The molecule has 2 rings (SSSR count). The first-order chi connectivity index (χ1) is 10.8. The lowest BCUT2D eigenvalue weighted by atomic mass is 9.69. The molecule has 1 saturated carbocycles. The number of benzene rings is 1. The van der Waals surface area contributed by atoms with Gasteiger partial charge in [-0.05, 0) is 61.3 Å². The fourth-order valence-corrected chi connectivity index (χ4v) is 3.36. The van der Waals surface area contributed by atoms with Gasteiger partial charge in [-0.3, -0.25) is 9.59 Å². The van der Waals surface area contributed by atoms with Crippen LogP contribution < -0.4 is 11.1 Å². The molecule has 4 heteroatoms. The maximum absolute atomic E-state index is 12.3. The largest absolute Gasteiger partial charge is 0.366 e. The molecule has 0 spiro atoms. The normalized spacial score (nSPS) is 21.7. The van der Waals surface area contributed by atoms with Gasteiger partial charge in [0, 0.05) is 17.2 Å². The van der Waals surface area contributed by atoms with Crippen molar-refractivity contribution in [1.29, 1.82) is 0 Å². The monoisotopic (exact) mass is 316 g/mol. The molecule has 0 aromatic heterocycles. The number of hydrogen-bond acceptors (Lipinski definition) is 2. The number of primary amides is 1. The molecule has 2 amide bonds. The molecular formula is C19H28N2O2. The molecule has 3 N–H and O–H groups in total. The average Bonchev–Trinajstić information content (AvgIpc) is 2.55. The van der Waals surface area contributed by atoms with Gasteiger partial charge in [-0.1, -0.05) is 27.2 Å². The minimum Gasteiger partial charge on any atom is -0.366 e. The van der Waals surface area contributed by atoms with Gasteiger partial charge in [-0.2, -0.15) is 0 Å². The summed E-state index contributed by atoms with van der Waals surface area (Å²) in [5, 5.41) is 3.12. The highest BCUT2D eigenvalue weighted by Gasteiger charge is 2.32. The van der Waals surface area contributed by atoms with Crippen molar-refractivity contribution in [3.05, 3.63) is 35.4 Å². The smallest absolute Gasteiger partial charge is 0.251 e. The molecule has 0 bridgehead atoms. The fraction of sp³-hybridized carbons (Fsp3) is 0.579. The lowest BCUT2D eigenvalue weighted by molar-refractivity contribution is 0.0892. The van der Waals surface area contributed by atoms with E-state index in [4.69, 9.17) is 5.73 Å². The standard InChI is InChI=1S/C19H28N2O2/c1-4-19(2,3)15-9-11-16(12-10-15)21-18(23)14-7-5-13(6-8-14)17(20)22/h5-8,15-16H,4,9-12H2,1-3H3,(H2,20,22)(H,21,23). The van der Waals surface area contributed by atoms with Crippen LogP contribution in [0.1, 0.15) is 73.6 Å². The first-order valence-electron chi connectivity index (χ1n) is 8.54. The maximum Gasteiger partial charge on any atom is 0.251 e. The third kappa shape index (κ3) is 4.34. The van der Waals surface area contributed by atoms with E-state index in [2.05, 4.69) is 26.1 Å². The first-order valence-corrected chi connectivity index (χ1v) is 8.54. The van der Waals surface area contributed by atoms with E-state index in [-0.39, 0.29) is 11.9 Å². The summed E-state index contributed by atoms with van der Waals surface area (Å²) in [4.78, 5) is 23.4. The summed E-state index contributed by atoms with van der Waals surface area (Å²) in [5.41, 5.74) is 6.59. The van der Waals surface area contributed by atoms with Gasteiger partial charge in [0.2, 0.25) is 5.91 Å². The molecule has 0 atom stereocenters. The van der Waals surface area contributed by atoms with Crippen molar-refractivity contribution in [3.8, 4) is 0 Å². The topological polar surface area (TPSA) is 72.2 Å². The van der Waals surface area contributed by atoms with E-state index >= 15 is 0 Å². The average molecular weight is 316 g/mol. The summed E-state index contributed by atoms with van der Waals surface area (Å²) >= 11 is 0. The lowest BCUT2D eigenvalue weighted by Crippen LogP contribution is -2.39. The van der Waals surface area contributed by atoms with Crippen LogP contribution in [0.15, 0.2) is 24.3 Å². The van der Waals surface area contributed by atoms with Crippen LogP contribution in [0.3, 0.4) is 0 Å². The number of nitrogens with one attached hydrogen (secondary N) is 1. The van der Waals surface area contributed by atoms with Crippen LogP contribution in [0.5, 0.6) is 0 Å². The van der Waals surface area contributed by atoms with Gasteiger partial charge in [0.25, 0.3) is 5.91 Å². The molecule has 1 aromatic rings. The Labute approximate surface area is 138 Å². The van der Waals surface area contributed by atoms with Crippen molar-refractivity contribution >= 4 is 11.8 Å². The van der Waals surface area contributed by atoms with E-state index in [0.717, 1.165) is 18.8 Å². The molecule has 0 unspecified atom stereocenters. The van der Waals surface area contributed by atoms with Crippen LogP contribution >= 0.6 is 0 Å². The van der Waals surface area contributed by atoms with Gasteiger partial charge in [-0.25, -0.2) is 0 Å². The Balaban J connectivity index is 1.88. The quantitative estimate of drug-likeness (QED) is 0.872. The number of amides is 2. The van der Waals surface area contributed by atoms with Crippen LogP contribution in [0.2, 0.25) is 0 Å². The van der Waals surface area contributed by atoms with Gasteiger partial charge in [-0.15, -0.1) is 0 Å². The van der Waals surface area contributed by atoms with Gasteiger partial charge in [0.1, 0.15) is 0 Å². The molecule has 1 aliphatic carbocycles. The highest BCUT2D eigenvalue weighted by atomic mass is 16.2. The van der Waals surface area contributed by atoms with E-state index in [9.17, 15) is 9.59 Å². The first kappa shape index (κ1) is 17.5. The summed E-state index contributed by atoms with van der Waals surface area (Å²) in [6.45, 7) is 6.94. The third-order valence-electron chi connectivity index (χ3n) is 5.51. The SMILES string of the molecule is CCC(C)(C)C1CCC(NC(=O)c2ccc(C(N)=O)cc2)CC1. The predicted octanol–water partition coefficient (Wildman–Crippen LogP) is 3.51. The summed E-state index contributed by atoms with van der Waals surface area (Å²) in [7, 11) is 0. The Bertz CT molecular complexity index is 555. The molecule has 23 heavy (non-hydrogen) atoms. The van der Waals surface area contributed by atoms with Gasteiger partial charge < -0.3 is 11.1 Å². The van der Waals surface area contributed by atoms with Crippen molar-refractivity contribution in [2.24, 2.45) is 17.1 Å². The van der Waals surface area contributed by atoms with E-state index in [1.54, 1.807) is 24.3 Å². The molecule has 126 valence electrons. The molecule has 1 aliphatic rings. The Kier molecular flexibility index (Phi) is 5.45. The van der Waals surface area contributed by atoms with Gasteiger partial charge in [0.15, 0.2) is 0 Å². The second-order valence-electron chi connectivity index (χ2n) is 7.31. The highest BCUT2D eigenvalue weighted by molar-refractivity contribution is 5.97. The Hall–Kier alpha value is -1.84. The van der Waals surface area contributed by atoms with Crippen LogP contribution in [0.25, 0.3) is 0 Å². The zero-order valence-electron chi connectivity index (χ0n) is 14.4. The summed E-state index contributed by atoms with van der Waals surface area (Å²) < 4.78 is 0. The Morgan fingerprint density at radius 1 is 1.09 bits per heavy atom. The summed E-state index contributed by atoms with van der Waals surface area (Å²) in [6.07, 6.45) is 5.62. The van der Waals surface area contributed by atoms with E-state index in [0.29, 0.717) is 16.5 Å². The van der Waals surface area contributed by atoms with E-state index in [1.807, 2.05) is 0 Å². The molecule has 4 nitrogen and oxygen atoms in total. The van der Waals surface area contributed by atoms with Crippen molar-refractivity contribution in [3.63, 3.8) is 0 Å². The van der Waals surface area contributed by atoms with Crippen molar-refractivity contribution in [2.45, 2.75) is 58.9 Å². The van der Waals surface area contributed by atoms with Crippen molar-refractivity contribution in [2.75, 3.05) is 0 Å². The Morgan fingerprint density at radius 2 is 1.61 bits per heavy atom. The molecule has 0 heterocycles. The minimum absolute atomic E-state index is 0.0702. The number of hydrogen-bond donors (Lipinski definition) is 2. The zero-order chi connectivity index (χ0) is 17.0. The van der Waals surface area contributed by atoms with E-state index < -0.39 is 5.91 Å². The minimum atomic E-state index is -0.478. The maximum atomic E-state index is 12.3. The Morgan fingerprint density at radius 3 is 2.09 bits per heavy atom. The second-order valence-corrected chi connectivity index (χ2v) is 7.31. The van der Waals surface area contributed by atoms with Crippen molar-refractivity contribution in [1.82, 2.24) is 5.32 Å². The second kappa shape index (κ2) is 7.16. The third-order valence-corrected chi connectivity index (χ3v) is 5.51. The lowest BCUT2D eigenvalue weighted by Gasteiger charge is -2.39. The number of rotatable bonds is 5. The zero-order valence-corrected chi connectivity index (χ0v) is 14.4. The van der Waals surface area contributed by atoms with Gasteiger partial charge >= 0.3 is 0 Å². The predicted molar refractivity (Wildman–Crippen MR) is 92.2 cm³/mol. The van der Waals surface area contributed by atoms with E-state index in [1.165, 1.54) is 19.3 Å². The van der Waals surface area contributed by atoms with Crippen LogP contribution in [0, 0.1) is 11.3 Å². The highest BCUT2D eigenvalue weighted by Crippen LogP contribution is 2.40. The number of carbonyl (C=O) groups is 2. The number of carbonyl (C=O) groups excluding carboxylic acids is 2. The fourth-order valence-electron chi connectivity index (χ4n) is 3.36. The molecule has 0 aliphatic heterocycles. The summed E-state index contributed by atoms with van der Waals surface area (Å²) in [5.74, 6) is 0.198. The molecular weight excluding hydrogens is 288 g/mol. The summed E-state index contributed by atoms with van der Waals surface area (Å²) in [6, 6.07) is 6.75. The van der Waals surface area contributed by atoms with Gasteiger partial charge in [0.05, 0.1) is 0 Å².